The maximum absolute atomic E-state index is 12.4. The van der Waals surface area contributed by atoms with E-state index in [2.05, 4.69) is 5.32 Å². The molecule has 2 rings (SSSR count). The van der Waals surface area contributed by atoms with Crippen LogP contribution in [0, 0.1) is 0 Å². The van der Waals surface area contributed by atoms with Crippen molar-refractivity contribution in [3.63, 3.8) is 0 Å². The van der Waals surface area contributed by atoms with Gasteiger partial charge >= 0.3 is 0 Å². The summed E-state index contributed by atoms with van der Waals surface area (Å²) in [5.41, 5.74) is 0.884. The first kappa shape index (κ1) is 16.5. The summed E-state index contributed by atoms with van der Waals surface area (Å²) < 4.78 is 10.5. The molecule has 0 aromatic heterocycles. The monoisotopic (exact) mass is 306 g/mol. The zero-order valence-corrected chi connectivity index (χ0v) is 13.0. The van der Waals surface area contributed by atoms with E-state index in [0.717, 1.165) is 12.0 Å². The number of rotatable bonds is 6. The first-order chi connectivity index (χ1) is 10.6. The molecule has 1 saturated heterocycles. The fourth-order valence-electron chi connectivity index (χ4n) is 2.51. The van der Waals surface area contributed by atoms with Crippen LogP contribution in [0.2, 0.25) is 0 Å². The predicted octanol–water partition coefficient (Wildman–Crippen LogP) is 0.738. The van der Waals surface area contributed by atoms with Crippen LogP contribution in [0.25, 0.3) is 0 Å². The van der Waals surface area contributed by atoms with Crippen LogP contribution in [-0.2, 0) is 19.1 Å². The quantitative estimate of drug-likeness (QED) is 0.787. The smallest absolute Gasteiger partial charge is 0.251 e. The summed E-state index contributed by atoms with van der Waals surface area (Å²) in [6.45, 7) is 1.04. The lowest BCUT2D eigenvalue weighted by Gasteiger charge is -2.38. The SMILES string of the molecule is COCCCNC(=O)[C@H]1OCC(=O)N(C)[C@@H]1c1ccccc1. The lowest BCUT2D eigenvalue weighted by Crippen LogP contribution is -2.53. The molecular weight excluding hydrogens is 284 g/mol. The summed E-state index contributed by atoms with van der Waals surface area (Å²) in [7, 11) is 3.33. The number of carbonyl (C=O) groups is 2. The Morgan fingerprint density at radius 2 is 2.14 bits per heavy atom. The van der Waals surface area contributed by atoms with Crippen molar-refractivity contribution >= 4 is 11.8 Å². The number of ether oxygens (including phenoxy) is 2. The topological polar surface area (TPSA) is 67.9 Å². The molecular formula is C16H22N2O4. The highest BCUT2D eigenvalue weighted by atomic mass is 16.5. The molecule has 6 nitrogen and oxygen atoms in total. The van der Waals surface area contributed by atoms with Crippen LogP contribution in [0.15, 0.2) is 30.3 Å². The molecule has 1 aromatic carbocycles. The van der Waals surface area contributed by atoms with Gasteiger partial charge in [-0.25, -0.2) is 0 Å². The van der Waals surface area contributed by atoms with Gasteiger partial charge in [0.2, 0.25) is 5.91 Å². The van der Waals surface area contributed by atoms with Crippen LogP contribution in [0.1, 0.15) is 18.0 Å². The van der Waals surface area contributed by atoms with Crippen molar-refractivity contribution in [3.05, 3.63) is 35.9 Å². The number of nitrogens with one attached hydrogen (secondary N) is 1. The first-order valence-corrected chi connectivity index (χ1v) is 7.34. The van der Waals surface area contributed by atoms with E-state index in [4.69, 9.17) is 9.47 Å². The molecule has 1 fully saturated rings. The first-order valence-electron chi connectivity index (χ1n) is 7.34. The van der Waals surface area contributed by atoms with E-state index in [9.17, 15) is 9.59 Å². The lowest BCUT2D eigenvalue weighted by molar-refractivity contribution is -0.162. The van der Waals surface area contributed by atoms with E-state index in [1.807, 2.05) is 30.3 Å². The molecule has 0 bridgehead atoms. The predicted molar refractivity (Wildman–Crippen MR) is 81.2 cm³/mol. The minimum Gasteiger partial charge on any atom is -0.385 e. The molecule has 1 aromatic rings. The van der Waals surface area contributed by atoms with Crippen molar-refractivity contribution in [3.8, 4) is 0 Å². The Kier molecular flexibility index (Phi) is 5.91. The Balaban J connectivity index is 2.10. The van der Waals surface area contributed by atoms with Gasteiger partial charge in [-0.2, -0.15) is 0 Å². The third-order valence-electron chi connectivity index (χ3n) is 3.71. The molecule has 1 N–H and O–H groups in total. The van der Waals surface area contributed by atoms with Crippen LogP contribution in [0.5, 0.6) is 0 Å². The molecule has 2 atom stereocenters. The van der Waals surface area contributed by atoms with Crippen molar-refractivity contribution in [2.45, 2.75) is 18.6 Å². The molecule has 120 valence electrons. The van der Waals surface area contributed by atoms with Crippen LogP contribution >= 0.6 is 0 Å². The van der Waals surface area contributed by atoms with E-state index in [0.29, 0.717) is 13.2 Å². The highest BCUT2D eigenvalue weighted by Crippen LogP contribution is 2.28. The number of hydrogen-bond acceptors (Lipinski definition) is 4. The zero-order chi connectivity index (χ0) is 15.9. The maximum Gasteiger partial charge on any atom is 0.251 e. The van der Waals surface area contributed by atoms with Gasteiger partial charge in [0, 0.05) is 27.3 Å². The summed E-state index contributed by atoms with van der Waals surface area (Å²) in [4.78, 5) is 25.9. The van der Waals surface area contributed by atoms with Crippen LogP contribution in [0.3, 0.4) is 0 Å². The second-order valence-electron chi connectivity index (χ2n) is 5.23. The van der Waals surface area contributed by atoms with Gasteiger partial charge in [0.15, 0.2) is 6.10 Å². The molecule has 0 spiro atoms. The minimum absolute atomic E-state index is 0.0734. The van der Waals surface area contributed by atoms with Crippen molar-refractivity contribution in [2.75, 3.05) is 33.9 Å². The maximum atomic E-state index is 12.4. The average molecular weight is 306 g/mol. The number of methoxy groups -OCH3 is 1. The highest BCUT2D eigenvalue weighted by molar-refractivity contribution is 5.86. The number of carbonyl (C=O) groups excluding carboxylic acids is 2. The molecule has 0 saturated carbocycles. The van der Waals surface area contributed by atoms with Gasteiger partial charge in [0.25, 0.3) is 5.91 Å². The molecule has 1 aliphatic rings. The minimum atomic E-state index is -0.701. The highest BCUT2D eigenvalue weighted by Gasteiger charge is 2.39. The van der Waals surface area contributed by atoms with Gasteiger partial charge < -0.3 is 19.7 Å². The van der Waals surface area contributed by atoms with Gasteiger partial charge in [-0.15, -0.1) is 0 Å². The number of morpholine rings is 1. The molecule has 6 heteroatoms. The van der Waals surface area contributed by atoms with Crippen LogP contribution < -0.4 is 5.32 Å². The third-order valence-corrected chi connectivity index (χ3v) is 3.71. The largest absolute Gasteiger partial charge is 0.385 e. The summed E-state index contributed by atoms with van der Waals surface area (Å²) in [5.74, 6) is -0.332. The molecule has 22 heavy (non-hydrogen) atoms. The molecule has 0 aliphatic carbocycles. The lowest BCUT2D eigenvalue weighted by atomic mass is 9.97. The van der Waals surface area contributed by atoms with E-state index in [-0.39, 0.29) is 18.4 Å². The van der Waals surface area contributed by atoms with Gasteiger partial charge in [-0.1, -0.05) is 30.3 Å². The zero-order valence-electron chi connectivity index (χ0n) is 13.0. The van der Waals surface area contributed by atoms with Crippen LogP contribution in [0.4, 0.5) is 0 Å². The van der Waals surface area contributed by atoms with E-state index in [1.54, 1.807) is 19.1 Å². The summed E-state index contributed by atoms with van der Waals surface area (Å²) >= 11 is 0. The molecule has 1 heterocycles. The number of amides is 2. The second-order valence-corrected chi connectivity index (χ2v) is 5.23. The van der Waals surface area contributed by atoms with Crippen molar-refractivity contribution in [2.24, 2.45) is 0 Å². The Morgan fingerprint density at radius 1 is 1.41 bits per heavy atom. The Hall–Kier alpha value is -1.92. The average Bonchev–Trinajstić information content (AvgIpc) is 2.54. The van der Waals surface area contributed by atoms with Crippen molar-refractivity contribution < 1.29 is 19.1 Å². The van der Waals surface area contributed by atoms with E-state index >= 15 is 0 Å². The fourth-order valence-corrected chi connectivity index (χ4v) is 2.51. The number of hydrogen-bond donors (Lipinski definition) is 1. The summed E-state index contributed by atoms with van der Waals surface area (Å²) in [6.07, 6.45) is 0.0346. The fraction of sp³-hybridized carbons (Fsp3) is 0.500. The number of nitrogens with zero attached hydrogens (tertiary/aromatic N) is 1. The summed E-state index contributed by atoms with van der Waals surface area (Å²) in [5, 5.41) is 2.84. The Bertz CT molecular complexity index is 506. The Labute approximate surface area is 130 Å². The normalized spacial score (nSPS) is 21.7. The third kappa shape index (κ3) is 3.84. The summed E-state index contributed by atoms with van der Waals surface area (Å²) in [6, 6.07) is 9.05. The second kappa shape index (κ2) is 7.91. The molecule has 0 radical (unpaired) electrons. The van der Waals surface area contributed by atoms with E-state index < -0.39 is 12.1 Å². The standard InChI is InChI=1S/C16H22N2O4/c1-18-13(19)11-22-15(16(20)17-9-6-10-21-2)14(18)12-7-4-3-5-8-12/h3-5,7-8,14-15H,6,9-11H2,1-2H3,(H,17,20)/t14-,15+/m1/s1. The van der Waals surface area contributed by atoms with Crippen molar-refractivity contribution in [1.82, 2.24) is 10.2 Å². The van der Waals surface area contributed by atoms with Gasteiger partial charge in [-0.05, 0) is 12.0 Å². The van der Waals surface area contributed by atoms with Gasteiger partial charge in [-0.3, -0.25) is 9.59 Å². The molecule has 0 unspecified atom stereocenters. The number of likely N-dealkylation sites (N-methyl/N-ethyl adjacent to an activating group) is 1. The van der Waals surface area contributed by atoms with E-state index in [1.165, 1.54) is 0 Å². The van der Waals surface area contributed by atoms with Crippen molar-refractivity contribution in [1.29, 1.82) is 0 Å². The Morgan fingerprint density at radius 3 is 2.82 bits per heavy atom. The number of benzene rings is 1. The molecule has 1 aliphatic heterocycles. The van der Waals surface area contributed by atoms with Crippen LogP contribution in [-0.4, -0.2) is 56.7 Å². The molecule has 2 amide bonds. The van der Waals surface area contributed by atoms with Gasteiger partial charge in [0.05, 0.1) is 6.04 Å². The van der Waals surface area contributed by atoms with Gasteiger partial charge in [0.1, 0.15) is 6.61 Å².